The molecule has 2 aromatic rings. The Morgan fingerprint density at radius 3 is 2.62 bits per heavy atom. The molecular formula is C16H17N3O5. The fourth-order valence-corrected chi connectivity index (χ4v) is 2.74. The second kappa shape index (κ2) is 5.95. The summed E-state index contributed by atoms with van der Waals surface area (Å²) in [6, 6.07) is 4.34. The van der Waals surface area contributed by atoms with Crippen molar-refractivity contribution in [1.82, 2.24) is 14.5 Å². The summed E-state index contributed by atoms with van der Waals surface area (Å²) < 4.78 is 1.07. The van der Waals surface area contributed by atoms with Gasteiger partial charge >= 0.3 is 11.7 Å². The molecule has 0 bridgehead atoms. The van der Waals surface area contributed by atoms with E-state index in [-0.39, 0.29) is 30.2 Å². The van der Waals surface area contributed by atoms with Gasteiger partial charge in [0.15, 0.2) is 0 Å². The third-order valence-corrected chi connectivity index (χ3v) is 4.10. The van der Waals surface area contributed by atoms with Crippen LogP contribution in [0.3, 0.4) is 0 Å². The first-order valence-electron chi connectivity index (χ1n) is 7.72. The van der Waals surface area contributed by atoms with E-state index in [0.29, 0.717) is 5.39 Å². The fourth-order valence-electron chi connectivity index (χ4n) is 2.74. The standard InChI is InChI=1S/C16H17N3O5/c1-2-18-15(23)11-6-3-9(7-12(11)17-16(18)24)14(22)19(8-13(20)21)10-4-5-10/h3,6-7,10H,2,4-5,8H2,1H3,(H,17,24)(H,20,21). The topological polar surface area (TPSA) is 112 Å². The molecule has 2 N–H and O–H groups in total. The predicted molar refractivity (Wildman–Crippen MR) is 86.2 cm³/mol. The van der Waals surface area contributed by atoms with Gasteiger partial charge in [0, 0.05) is 18.2 Å². The van der Waals surface area contributed by atoms with Crippen molar-refractivity contribution in [3.63, 3.8) is 0 Å². The lowest BCUT2D eigenvalue weighted by Crippen LogP contribution is -2.37. The van der Waals surface area contributed by atoms with Crippen LogP contribution < -0.4 is 11.2 Å². The first kappa shape index (κ1) is 16.0. The van der Waals surface area contributed by atoms with Crippen molar-refractivity contribution >= 4 is 22.8 Å². The van der Waals surface area contributed by atoms with E-state index in [1.807, 2.05) is 0 Å². The monoisotopic (exact) mass is 331 g/mol. The Morgan fingerprint density at radius 1 is 1.33 bits per heavy atom. The molecule has 24 heavy (non-hydrogen) atoms. The van der Waals surface area contributed by atoms with Gasteiger partial charge in [-0.25, -0.2) is 4.79 Å². The number of nitrogens with one attached hydrogen (secondary N) is 1. The van der Waals surface area contributed by atoms with Gasteiger partial charge < -0.3 is 15.0 Å². The van der Waals surface area contributed by atoms with Crippen LogP contribution in [0.4, 0.5) is 0 Å². The zero-order valence-corrected chi connectivity index (χ0v) is 13.1. The van der Waals surface area contributed by atoms with E-state index < -0.39 is 23.1 Å². The molecule has 0 aliphatic heterocycles. The molecule has 0 saturated heterocycles. The first-order valence-corrected chi connectivity index (χ1v) is 7.72. The van der Waals surface area contributed by atoms with Crippen molar-refractivity contribution in [3.05, 3.63) is 44.6 Å². The van der Waals surface area contributed by atoms with Gasteiger partial charge in [-0.1, -0.05) is 0 Å². The van der Waals surface area contributed by atoms with Crippen molar-refractivity contribution in [2.24, 2.45) is 0 Å². The number of aliphatic carboxylic acids is 1. The van der Waals surface area contributed by atoms with Crippen LogP contribution in [0.15, 0.2) is 27.8 Å². The van der Waals surface area contributed by atoms with Gasteiger partial charge in [0.2, 0.25) is 0 Å². The van der Waals surface area contributed by atoms with E-state index in [1.54, 1.807) is 6.92 Å². The van der Waals surface area contributed by atoms with Gasteiger partial charge in [-0.05, 0) is 38.0 Å². The van der Waals surface area contributed by atoms with Crippen LogP contribution in [0.25, 0.3) is 10.9 Å². The highest BCUT2D eigenvalue weighted by atomic mass is 16.4. The molecule has 1 heterocycles. The molecular weight excluding hydrogens is 314 g/mol. The van der Waals surface area contributed by atoms with Crippen LogP contribution >= 0.6 is 0 Å². The summed E-state index contributed by atoms with van der Waals surface area (Å²) in [6.45, 7) is 1.58. The minimum atomic E-state index is -1.07. The minimum Gasteiger partial charge on any atom is -0.480 e. The summed E-state index contributed by atoms with van der Waals surface area (Å²) in [5, 5.41) is 9.28. The van der Waals surface area contributed by atoms with E-state index in [0.717, 1.165) is 17.4 Å². The predicted octanol–water partition coefficient (Wildman–Crippen LogP) is 0.399. The number of benzene rings is 1. The first-order chi connectivity index (χ1) is 11.4. The maximum Gasteiger partial charge on any atom is 0.328 e. The van der Waals surface area contributed by atoms with Gasteiger partial charge in [-0.3, -0.25) is 19.0 Å². The fraction of sp³-hybridized carbons (Fsp3) is 0.375. The number of fused-ring (bicyclic) bond motifs is 1. The number of hydrogen-bond donors (Lipinski definition) is 2. The average molecular weight is 331 g/mol. The molecule has 1 aromatic carbocycles. The molecule has 3 rings (SSSR count). The smallest absolute Gasteiger partial charge is 0.328 e. The Balaban J connectivity index is 2.04. The van der Waals surface area contributed by atoms with Crippen molar-refractivity contribution in [2.45, 2.75) is 32.4 Å². The van der Waals surface area contributed by atoms with Crippen molar-refractivity contribution < 1.29 is 14.7 Å². The van der Waals surface area contributed by atoms with Gasteiger partial charge in [0.25, 0.3) is 11.5 Å². The molecule has 0 radical (unpaired) electrons. The summed E-state index contributed by atoms with van der Waals surface area (Å²) in [7, 11) is 0. The molecule has 8 nitrogen and oxygen atoms in total. The molecule has 1 aliphatic rings. The van der Waals surface area contributed by atoms with Gasteiger partial charge in [0.1, 0.15) is 6.54 Å². The van der Waals surface area contributed by atoms with Crippen LogP contribution in [0, 0.1) is 0 Å². The molecule has 0 unspecified atom stereocenters. The van der Waals surface area contributed by atoms with Crippen LogP contribution in [-0.4, -0.2) is 44.0 Å². The summed E-state index contributed by atoms with van der Waals surface area (Å²) in [5.74, 6) is -1.49. The Hall–Kier alpha value is -2.90. The molecule has 126 valence electrons. The lowest BCUT2D eigenvalue weighted by molar-refractivity contribution is -0.137. The average Bonchev–Trinajstić information content (AvgIpc) is 3.36. The highest BCUT2D eigenvalue weighted by Crippen LogP contribution is 2.28. The maximum atomic E-state index is 12.6. The number of nitrogens with zero attached hydrogens (tertiary/aromatic N) is 2. The van der Waals surface area contributed by atoms with E-state index >= 15 is 0 Å². The molecule has 0 atom stereocenters. The molecule has 1 aliphatic carbocycles. The number of carbonyl (C=O) groups excluding carboxylic acids is 1. The second-order valence-corrected chi connectivity index (χ2v) is 5.80. The summed E-state index contributed by atoms with van der Waals surface area (Å²) in [4.78, 5) is 51.6. The Labute approximate surface area is 136 Å². The maximum absolute atomic E-state index is 12.6. The Kier molecular flexibility index (Phi) is 3.96. The van der Waals surface area contributed by atoms with Crippen LogP contribution in [0.1, 0.15) is 30.1 Å². The van der Waals surface area contributed by atoms with Crippen LogP contribution in [-0.2, 0) is 11.3 Å². The number of aromatic amines is 1. The van der Waals surface area contributed by atoms with E-state index in [2.05, 4.69) is 4.98 Å². The van der Waals surface area contributed by atoms with Gasteiger partial charge in [0.05, 0.1) is 10.9 Å². The lowest BCUT2D eigenvalue weighted by Gasteiger charge is -2.20. The van der Waals surface area contributed by atoms with Crippen molar-refractivity contribution in [2.75, 3.05) is 6.54 Å². The van der Waals surface area contributed by atoms with Crippen molar-refractivity contribution in [1.29, 1.82) is 0 Å². The molecule has 1 amide bonds. The normalized spacial score (nSPS) is 13.9. The third kappa shape index (κ3) is 2.82. The van der Waals surface area contributed by atoms with E-state index in [4.69, 9.17) is 5.11 Å². The Morgan fingerprint density at radius 2 is 2.04 bits per heavy atom. The van der Waals surface area contributed by atoms with Gasteiger partial charge in [-0.2, -0.15) is 0 Å². The second-order valence-electron chi connectivity index (χ2n) is 5.80. The number of carboxylic acid groups (broad SMARTS) is 1. The number of hydrogen-bond acceptors (Lipinski definition) is 4. The molecule has 0 spiro atoms. The number of aromatic nitrogens is 2. The van der Waals surface area contributed by atoms with Gasteiger partial charge in [-0.15, -0.1) is 0 Å². The quantitative estimate of drug-likeness (QED) is 0.823. The minimum absolute atomic E-state index is 0.0589. The zero-order valence-electron chi connectivity index (χ0n) is 13.1. The molecule has 1 aromatic heterocycles. The van der Waals surface area contributed by atoms with E-state index in [1.165, 1.54) is 23.1 Å². The number of carbonyl (C=O) groups is 2. The summed E-state index contributed by atoms with van der Waals surface area (Å²) in [5.41, 5.74) is -0.435. The molecule has 1 fully saturated rings. The zero-order chi connectivity index (χ0) is 17.4. The largest absolute Gasteiger partial charge is 0.480 e. The third-order valence-electron chi connectivity index (χ3n) is 4.10. The number of rotatable bonds is 5. The molecule has 1 saturated carbocycles. The summed E-state index contributed by atoms with van der Waals surface area (Å²) in [6.07, 6.45) is 1.56. The van der Waals surface area contributed by atoms with Crippen molar-refractivity contribution in [3.8, 4) is 0 Å². The number of carboxylic acids is 1. The van der Waals surface area contributed by atoms with E-state index in [9.17, 15) is 19.2 Å². The number of amides is 1. The number of H-pyrrole nitrogens is 1. The van der Waals surface area contributed by atoms with Crippen LogP contribution in [0.2, 0.25) is 0 Å². The highest BCUT2D eigenvalue weighted by Gasteiger charge is 2.34. The molecule has 8 heteroatoms. The summed E-state index contributed by atoms with van der Waals surface area (Å²) >= 11 is 0. The lowest BCUT2D eigenvalue weighted by atomic mass is 10.1. The Bertz CT molecular complexity index is 939. The SMILES string of the molecule is CCn1c(=O)[nH]c2cc(C(=O)N(CC(=O)O)C3CC3)ccc2c1=O. The highest BCUT2D eigenvalue weighted by molar-refractivity contribution is 5.99. The van der Waals surface area contributed by atoms with Crippen LogP contribution in [0.5, 0.6) is 0 Å².